The molecule has 0 aliphatic carbocycles. The Kier molecular flexibility index (Phi) is 5.36. The van der Waals surface area contributed by atoms with E-state index in [1.54, 1.807) is 24.3 Å². The average Bonchev–Trinajstić information content (AvgIpc) is 2.99. The smallest absolute Gasteiger partial charge is 0.330 e. The number of rotatable bonds is 6. The molecule has 23 heavy (non-hydrogen) atoms. The summed E-state index contributed by atoms with van der Waals surface area (Å²) in [5.41, 5.74) is 0.956. The lowest BCUT2D eigenvalue weighted by Gasteiger charge is -2.04. The van der Waals surface area contributed by atoms with Gasteiger partial charge in [-0.25, -0.2) is 4.79 Å². The van der Waals surface area contributed by atoms with Crippen LogP contribution in [0.15, 0.2) is 51.8 Å². The Morgan fingerprint density at radius 3 is 2.52 bits per heavy atom. The second-order valence-electron chi connectivity index (χ2n) is 4.69. The highest BCUT2D eigenvalue weighted by Crippen LogP contribution is 2.17. The molecule has 0 unspecified atom stereocenters. The summed E-state index contributed by atoms with van der Waals surface area (Å²) in [5.74, 6) is 0.202. The van der Waals surface area contributed by atoms with Crippen molar-refractivity contribution in [1.82, 2.24) is 0 Å². The molecule has 0 amide bonds. The van der Waals surface area contributed by atoms with Gasteiger partial charge in [0, 0.05) is 6.08 Å². The van der Waals surface area contributed by atoms with E-state index in [4.69, 9.17) is 8.60 Å². The van der Waals surface area contributed by atoms with E-state index in [-0.39, 0.29) is 11.5 Å². The molecular formula is C16H16O6S. The van der Waals surface area contributed by atoms with Crippen LogP contribution in [0.1, 0.15) is 17.1 Å². The minimum atomic E-state index is -3.85. The van der Waals surface area contributed by atoms with Gasteiger partial charge < -0.3 is 9.15 Å². The number of methoxy groups -OCH3 is 1. The van der Waals surface area contributed by atoms with Gasteiger partial charge in [0.25, 0.3) is 10.1 Å². The maximum atomic E-state index is 12.0. The van der Waals surface area contributed by atoms with Crippen molar-refractivity contribution >= 4 is 22.2 Å². The first-order chi connectivity index (χ1) is 10.9. The molecule has 6 nitrogen and oxygen atoms in total. The molecule has 0 aliphatic rings. The van der Waals surface area contributed by atoms with Gasteiger partial charge in [0.1, 0.15) is 18.1 Å². The fourth-order valence-electron chi connectivity index (χ4n) is 1.69. The van der Waals surface area contributed by atoms with Gasteiger partial charge in [-0.15, -0.1) is 0 Å². The lowest BCUT2D eigenvalue weighted by Crippen LogP contribution is -2.06. The zero-order chi connectivity index (χ0) is 16.9. The maximum absolute atomic E-state index is 12.0. The quantitative estimate of drug-likeness (QED) is 0.458. The summed E-state index contributed by atoms with van der Waals surface area (Å²) >= 11 is 0. The standard InChI is InChI=1S/C16H16O6S/c1-12-3-8-15(9-4-12)23(18,19)21-11-14-6-5-13(22-14)7-10-16(17)20-2/h3-10H,11H2,1-2H3/b10-7-. The van der Waals surface area contributed by atoms with Crippen molar-refractivity contribution in [1.29, 1.82) is 0 Å². The first kappa shape index (κ1) is 17.0. The lowest BCUT2D eigenvalue weighted by molar-refractivity contribution is -0.134. The molecule has 0 atom stereocenters. The van der Waals surface area contributed by atoms with E-state index < -0.39 is 16.1 Å². The Hall–Kier alpha value is -2.38. The van der Waals surface area contributed by atoms with Crippen LogP contribution < -0.4 is 0 Å². The number of esters is 1. The summed E-state index contributed by atoms with van der Waals surface area (Å²) in [6.07, 6.45) is 2.62. The molecule has 0 N–H and O–H groups in total. The van der Waals surface area contributed by atoms with Crippen molar-refractivity contribution in [3.63, 3.8) is 0 Å². The van der Waals surface area contributed by atoms with E-state index >= 15 is 0 Å². The van der Waals surface area contributed by atoms with E-state index in [1.165, 1.54) is 31.4 Å². The maximum Gasteiger partial charge on any atom is 0.330 e. The highest BCUT2D eigenvalue weighted by Gasteiger charge is 2.16. The number of benzene rings is 1. The highest BCUT2D eigenvalue weighted by molar-refractivity contribution is 7.86. The molecule has 0 radical (unpaired) electrons. The molecule has 0 aliphatic heterocycles. The third-order valence-corrected chi connectivity index (χ3v) is 4.21. The summed E-state index contributed by atoms with van der Waals surface area (Å²) in [4.78, 5) is 11.1. The Morgan fingerprint density at radius 1 is 1.17 bits per heavy atom. The molecular weight excluding hydrogens is 320 g/mol. The summed E-state index contributed by atoms with van der Waals surface area (Å²) < 4.78 is 38.8. The third kappa shape index (κ3) is 4.80. The molecule has 1 aromatic heterocycles. The number of furan rings is 1. The molecule has 0 fully saturated rings. The summed E-state index contributed by atoms with van der Waals surface area (Å²) in [7, 11) is -2.58. The zero-order valence-electron chi connectivity index (χ0n) is 12.7. The molecule has 122 valence electrons. The van der Waals surface area contributed by atoms with Crippen molar-refractivity contribution in [2.75, 3.05) is 7.11 Å². The summed E-state index contributed by atoms with van der Waals surface area (Å²) in [5, 5.41) is 0. The molecule has 2 aromatic rings. The van der Waals surface area contributed by atoms with Crippen LogP contribution in [0.5, 0.6) is 0 Å². The third-order valence-electron chi connectivity index (χ3n) is 2.93. The van der Waals surface area contributed by atoms with Gasteiger partial charge in [0.2, 0.25) is 0 Å². The van der Waals surface area contributed by atoms with Gasteiger partial charge in [-0.1, -0.05) is 17.7 Å². The Bertz CT molecular complexity index is 799. The van der Waals surface area contributed by atoms with Crippen LogP contribution in [0, 0.1) is 6.92 Å². The van der Waals surface area contributed by atoms with Crippen molar-refractivity contribution in [2.24, 2.45) is 0 Å². The monoisotopic (exact) mass is 336 g/mol. The first-order valence-corrected chi connectivity index (χ1v) is 8.12. The van der Waals surface area contributed by atoms with Crippen LogP contribution in [0.4, 0.5) is 0 Å². The minimum absolute atomic E-state index is 0.0838. The van der Waals surface area contributed by atoms with E-state index in [0.717, 1.165) is 5.56 Å². The van der Waals surface area contributed by atoms with Gasteiger partial charge in [0.15, 0.2) is 0 Å². The van der Waals surface area contributed by atoms with E-state index in [1.807, 2.05) is 6.92 Å². The number of carbonyl (C=O) groups is 1. The second-order valence-corrected chi connectivity index (χ2v) is 6.31. The first-order valence-electron chi connectivity index (χ1n) is 6.71. The number of hydrogen-bond acceptors (Lipinski definition) is 6. The highest BCUT2D eigenvalue weighted by atomic mass is 32.2. The van der Waals surface area contributed by atoms with Gasteiger partial charge in [-0.2, -0.15) is 8.42 Å². The summed E-state index contributed by atoms with van der Waals surface area (Å²) in [6.45, 7) is 1.63. The van der Waals surface area contributed by atoms with Crippen LogP contribution in [-0.2, 0) is 30.4 Å². The number of carbonyl (C=O) groups excluding carboxylic acids is 1. The summed E-state index contributed by atoms with van der Waals surface area (Å²) in [6, 6.07) is 9.52. The van der Waals surface area contributed by atoms with Gasteiger partial charge in [-0.3, -0.25) is 4.18 Å². The SMILES string of the molecule is COC(=O)/C=C\c1ccc(COS(=O)(=O)c2ccc(C)cc2)o1. The van der Waals surface area contributed by atoms with E-state index in [9.17, 15) is 13.2 Å². The molecule has 0 saturated carbocycles. The number of aryl methyl sites for hydroxylation is 1. The molecule has 7 heteroatoms. The normalized spacial score (nSPS) is 11.7. The average molecular weight is 336 g/mol. The van der Waals surface area contributed by atoms with Crippen LogP contribution in [-0.4, -0.2) is 21.5 Å². The Balaban J connectivity index is 2.00. The predicted octanol–water partition coefficient (Wildman–Crippen LogP) is 2.68. The largest absolute Gasteiger partial charge is 0.466 e. The topological polar surface area (TPSA) is 82.8 Å². The molecule has 0 spiro atoms. The van der Waals surface area contributed by atoms with Crippen LogP contribution >= 0.6 is 0 Å². The Labute approximate surface area is 134 Å². The Morgan fingerprint density at radius 2 is 1.87 bits per heavy atom. The van der Waals surface area contributed by atoms with Crippen molar-refractivity contribution < 1.29 is 26.5 Å². The van der Waals surface area contributed by atoms with Gasteiger partial charge in [-0.05, 0) is 37.3 Å². The minimum Gasteiger partial charge on any atom is -0.466 e. The van der Waals surface area contributed by atoms with E-state index in [0.29, 0.717) is 11.5 Å². The molecule has 0 saturated heterocycles. The lowest BCUT2D eigenvalue weighted by atomic mass is 10.2. The molecule has 2 rings (SSSR count). The predicted molar refractivity (Wildman–Crippen MR) is 82.9 cm³/mol. The van der Waals surface area contributed by atoms with Gasteiger partial charge >= 0.3 is 5.97 Å². The second kappa shape index (κ2) is 7.26. The number of ether oxygens (including phenoxy) is 1. The van der Waals surface area contributed by atoms with Crippen LogP contribution in [0.2, 0.25) is 0 Å². The molecule has 1 aromatic carbocycles. The van der Waals surface area contributed by atoms with E-state index in [2.05, 4.69) is 4.74 Å². The zero-order valence-corrected chi connectivity index (χ0v) is 13.5. The molecule has 0 bridgehead atoms. The van der Waals surface area contributed by atoms with Crippen molar-refractivity contribution in [3.8, 4) is 0 Å². The van der Waals surface area contributed by atoms with Gasteiger partial charge in [0.05, 0.1) is 12.0 Å². The fraction of sp³-hybridized carbons (Fsp3) is 0.188. The molecule has 1 heterocycles. The number of hydrogen-bond donors (Lipinski definition) is 0. The van der Waals surface area contributed by atoms with Crippen LogP contribution in [0.25, 0.3) is 6.08 Å². The van der Waals surface area contributed by atoms with Crippen molar-refractivity contribution in [3.05, 3.63) is 59.6 Å². The van der Waals surface area contributed by atoms with Crippen molar-refractivity contribution in [2.45, 2.75) is 18.4 Å². The van der Waals surface area contributed by atoms with Crippen LogP contribution in [0.3, 0.4) is 0 Å². The fourth-order valence-corrected chi connectivity index (χ4v) is 2.57.